The van der Waals surface area contributed by atoms with E-state index in [9.17, 15) is 9.59 Å². The van der Waals surface area contributed by atoms with E-state index in [-0.39, 0.29) is 23.1 Å². The number of nitrogens with one attached hydrogen (secondary N) is 1. The van der Waals surface area contributed by atoms with E-state index in [0.29, 0.717) is 24.5 Å². The van der Waals surface area contributed by atoms with E-state index in [1.807, 2.05) is 56.9 Å². The van der Waals surface area contributed by atoms with Crippen LogP contribution < -0.4 is 10.2 Å². The predicted molar refractivity (Wildman–Crippen MR) is 104 cm³/mol. The van der Waals surface area contributed by atoms with Gasteiger partial charge in [0.25, 0.3) is 0 Å². The van der Waals surface area contributed by atoms with Crippen LogP contribution in [0.3, 0.4) is 0 Å². The average Bonchev–Trinajstić information content (AvgIpc) is 3.12. The Morgan fingerprint density at radius 1 is 1.31 bits per heavy atom. The van der Waals surface area contributed by atoms with E-state index in [1.54, 1.807) is 0 Å². The lowest BCUT2D eigenvalue weighted by Gasteiger charge is -2.18. The minimum absolute atomic E-state index is 0.00729. The Morgan fingerprint density at radius 3 is 2.73 bits per heavy atom. The zero-order chi connectivity index (χ0) is 18.9. The lowest BCUT2D eigenvalue weighted by molar-refractivity contribution is -0.118. The first-order valence-corrected chi connectivity index (χ1v) is 9.54. The van der Waals surface area contributed by atoms with Crippen LogP contribution >= 0.6 is 11.3 Å². The number of anilines is 2. The minimum atomic E-state index is -0.0798. The van der Waals surface area contributed by atoms with Gasteiger partial charge in [-0.15, -0.1) is 10.2 Å². The molecule has 26 heavy (non-hydrogen) atoms. The fourth-order valence-electron chi connectivity index (χ4n) is 3.07. The average molecular weight is 372 g/mol. The van der Waals surface area contributed by atoms with E-state index >= 15 is 0 Å². The molecule has 1 atom stereocenters. The van der Waals surface area contributed by atoms with Crippen molar-refractivity contribution in [2.75, 3.05) is 16.8 Å². The molecule has 1 N–H and O–H groups in total. The number of para-hydroxylation sites is 1. The summed E-state index contributed by atoms with van der Waals surface area (Å²) >= 11 is 1.35. The maximum atomic E-state index is 12.5. The Labute approximate surface area is 157 Å². The molecular weight excluding hydrogens is 348 g/mol. The normalized spacial score (nSPS) is 17.6. The number of benzene rings is 1. The predicted octanol–water partition coefficient (Wildman–Crippen LogP) is 3.74. The van der Waals surface area contributed by atoms with Gasteiger partial charge in [-0.1, -0.05) is 50.3 Å². The number of carbonyl (C=O) groups is 2. The first-order valence-electron chi connectivity index (χ1n) is 8.72. The molecule has 2 aromatic rings. The van der Waals surface area contributed by atoms with Gasteiger partial charge in [0, 0.05) is 31.0 Å². The third-order valence-corrected chi connectivity index (χ3v) is 5.26. The van der Waals surface area contributed by atoms with Crippen molar-refractivity contribution < 1.29 is 9.59 Å². The van der Waals surface area contributed by atoms with Gasteiger partial charge in [-0.3, -0.25) is 9.59 Å². The Balaban J connectivity index is 1.68. The molecule has 2 heterocycles. The molecule has 1 saturated heterocycles. The molecule has 1 aromatic carbocycles. The van der Waals surface area contributed by atoms with Gasteiger partial charge in [-0.05, 0) is 24.0 Å². The summed E-state index contributed by atoms with van der Waals surface area (Å²) in [5, 5.41) is 12.4. The van der Waals surface area contributed by atoms with Crippen LogP contribution in [-0.4, -0.2) is 28.6 Å². The van der Waals surface area contributed by atoms with Crippen molar-refractivity contribution in [2.24, 2.45) is 5.41 Å². The summed E-state index contributed by atoms with van der Waals surface area (Å²) < 4.78 is 0. The van der Waals surface area contributed by atoms with Gasteiger partial charge in [0.15, 0.2) is 0 Å². The molecule has 1 aromatic heterocycles. The molecule has 138 valence electrons. The third-order valence-electron chi connectivity index (χ3n) is 4.26. The summed E-state index contributed by atoms with van der Waals surface area (Å²) in [7, 11) is 0. The van der Waals surface area contributed by atoms with Crippen LogP contribution in [0.5, 0.6) is 0 Å². The summed E-state index contributed by atoms with van der Waals surface area (Å²) in [5.74, 6) is 0.0370. The molecule has 0 aliphatic carbocycles. The second kappa shape index (κ2) is 7.15. The van der Waals surface area contributed by atoms with E-state index in [1.165, 1.54) is 11.3 Å². The molecule has 0 spiro atoms. The van der Waals surface area contributed by atoms with Gasteiger partial charge in [-0.25, -0.2) is 0 Å². The van der Waals surface area contributed by atoms with Crippen molar-refractivity contribution in [1.82, 2.24) is 10.2 Å². The molecule has 0 bridgehead atoms. The highest BCUT2D eigenvalue weighted by molar-refractivity contribution is 7.15. The van der Waals surface area contributed by atoms with Crippen molar-refractivity contribution in [3.05, 3.63) is 34.8 Å². The zero-order valence-corrected chi connectivity index (χ0v) is 16.4. The van der Waals surface area contributed by atoms with Crippen molar-refractivity contribution in [3.63, 3.8) is 0 Å². The molecule has 7 heteroatoms. The standard InChI is InChI=1S/C19H24N4O2S/c1-12-7-5-6-8-14(12)23-11-13(9-16(23)25)17-21-22-18(26-17)20-15(24)10-19(2,3)4/h5-8,13H,9-11H2,1-4H3,(H,20,22,24)/t13-/m0/s1. The van der Waals surface area contributed by atoms with Gasteiger partial charge >= 0.3 is 0 Å². The number of nitrogens with zero attached hydrogens (tertiary/aromatic N) is 3. The maximum Gasteiger partial charge on any atom is 0.227 e. The highest BCUT2D eigenvalue weighted by Gasteiger charge is 2.34. The Kier molecular flexibility index (Phi) is 5.09. The molecule has 0 unspecified atom stereocenters. The van der Waals surface area contributed by atoms with Gasteiger partial charge in [0.2, 0.25) is 16.9 Å². The summed E-state index contributed by atoms with van der Waals surface area (Å²) in [4.78, 5) is 26.3. The monoisotopic (exact) mass is 372 g/mol. The summed E-state index contributed by atoms with van der Waals surface area (Å²) in [5.41, 5.74) is 1.95. The third kappa shape index (κ3) is 4.27. The van der Waals surface area contributed by atoms with E-state index < -0.39 is 0 Å². The number of amides is 2. The van der Waals surface area contributed by atoms with Crippen LogP contribution in [0.1, 0.15) is 50.1 Å². The highest BCUT2D eigenvalue weighted by atomic mass is 32.1. The first-order chi connectivity index (χ1) is 12.2. The molecule has 1 aliphatic heterocycles. The number of hydrogen-bond donors (Lipinski definition) is 1. The van der Waals surface area contributed by atoms with Crippen molar-refractivity contribution in [1.29, 1.82) is 0 Å². The number of rotatable bonds is 4. The van der Waals surface area contributed by atoms with Gasteiger partial charge in [0.1, 0.15) is 5.01 Å². The van der Waals surface area contributed by atoms with Crippen LogP contribution in [0.2, 0.25) is 0 Å². The summed E-state index contributed by atoms with van der Waals surface area (Å²) in [6.07, 6.45) is 0.837. The van der Waals surface area contributed by atoms with Crippen LogP contribution in [-0.2, 0) is 9.59 Å². The fraction of sp³-hybridized carbons (Fsp3) is 0.474. The van der Waals surface area contributed by atoms with E-state index in [2.05, 4.69) is 15.5 Å². The largest absolute Gasteiger partial charge is 0.311 e. The lowest BCUT2D eigenvalue weighted by atomic mass is 9.92. The first kappa shape index (κ1) is 18.5. The van der Waals surface area contributed by atoms with Crippen LogP contribution in [0.15, 0.2) is 24.3 Å². The zero-order valence-electron chi connectivity index (χ0n) is 15.6. The SMILES string of the molecule is Cc1ccccc1N1C[C@@H](c2nnc(NC(=O)CC(C)(C)C)s2)CC1=O. The second-order valence-electron chi connectivity index (χ2n) is 7.92. The van der Waals surface area contributed by atoms with E-state index in [4.69, 9.17) is 0 Å². The quantitative estimate of drug-likeness (QED) is 0.887. The second-order valence-corrected chi connectivity index (χ2v) is 8.93. The molecule has 2 amide bonds. The van der Waals surface area contributed by atoms with Gasteiger partial charge < -0.3 is 10.2 Å². The van der Waals surface area contributed by atoms with Crippen LogP contribution in [0, 0.1) is 12.3 Å². The minimum Gasteiger partial charge on any atom is -0.311 e. The molecule has 0 saturated carbocycles. The number of aryl methyl sites for hydroxylation is 1. The van der Waals surface area contributed by atoms with Crippen LogP contribution in [0.4, 0.5) is 10.8 Å². The maximum absolute atomic E-state index is 12.5. The number of carbonyl (C=O) groups excluding carboxylic acids is 2. The number of hydrogen-bond acceptors (Lipinski definition) is 5. The molecule has 3 rings (SSSR count). The van der Waals surface area contributed by atoms with Crippen molar-refractivity contribution >= 4 is 34.0 Å². The summed E-state index contributed by atoms with van der Waals surface area (Å²) in [6, 6.07) is 7.88. The van der Waals surface area contributed by atoms with Crippen molar-refractivity contribution in [2.45, 2.75) is 46.5 Å². The van der Waals surface area contributed by atoms with Crippen LogP contribution in [0.25, 0.3) is 0 Å². The summed E-state index contributed by atoms with van der Waals surface area (Å²) in [6.45, 7) is 8.64. The van der Waals surface area contributed by atoms with Gasteiger partial charge in [-0.2, -0.15) is 0 Å². The van der Waals surface area contributed by atoms with E-state index in [0.717, 1.165) is 16.3 Å². The smallest absolute Gasteiger partial charge is 0.227 e. The topological polar surface area (TPSA) is 75.2 Å². The molecular formula is C19H24N4O2S. The van der Waals surface area contributed by atoms with Gasteiger partial charge in [0.05, 0.1) is 0 Å². The fourth-order valence-corrected chi connectivity index (χ4v) is 3.92. The molecule has 6 nitrogen and oxygen atoms in total. The molecule has 1 fully saturated rings. The number of aromatic nitrogens is 2. The Hall–Kier alpha value is -2.28. The van der Waals surface area contributed by atoms with Crippen molar-refractivity contribution in [3.8, 4) is 0 Å². The highest BCUT2D eigenvalue weighted by Crippen LogP contribution is 2.35. The molecule has 1 aliphatic rings. The Morgan fingerprint density at radius 2 is 2.04 bits per heavy atom. The molecule has 0 radical (unpaired) electrons. The lowest BCUT2D eigenvalue weighted by Crippen LogP contribution is -2.25. The Bertz CT molecular complexity index is 825.